The van der Waals surface area contributed by atoms with Crippen molar-refractivity contribution in [1.82, 2.24) is 14.6 Å². The number of anilines is 1. The Bertz CT molecular complexity index is 516. The minimum atomic E-state index is -0.214. The van der Waals surface area contributed by atoms with Crippen molar-refractivity contribution >= 4 is 21.4 Å². The van der Waals surface area contributed by atoms with Crippen molar-refractivity contribution in [2.45, 2.75) is 13.8 Å². The van der Waals surface area contributed by atoms with E-state index in [9.17, 15) is 4.79 Å². The summed E-state index contributed by atoms with van der Waals surface area (Å²) in [5, 5.41) is 8.14. The van der Waals surface area contributed by atoms with Crippen LogP contribution in [0.1, 0.15) is 12.6 Å². The molecule has 74 valence electrons. The second-order valence-corrected chi connectivity index (χ2v) is 3.82. The lowest BCUT2D eigenvalue weighted by Crippen LogP contribution is -2.09. The van der Waals surface area contributed by atoms with Crippen LogP contribution in [0.5, 0.6) is 0 Å². The van der Waals surface area contributed by atoms with Crippen LogP contribution in [0.2, 0.25) is 0 Å². The van der Waals surface area contributed by atoms with Gasteiger partial charge in [0.25, 0.3) is 5.56 Å². The fourth-order valence-electron chi connectivity index (χ4n) is 1.17. The van der Waals surface area contributed by atoms with Gasteiger partial charge in [-0.3, -0.25) is 4.79 Å². The van der Waals surface area contributed by atoms with Crippen molar-refractivity contribution < 1.29 is 0 Å². The summed E-state index contributed by atoms with van der Waals surface area (Å²) in [7, 11) is 0. The van der Waals surface area contributed by atoms with Crippen molar-refractivity contribution in [2.24, 2.45) is 0 Å². The second kappa shape index (κ2) is 3.38. The van der Waals surface area contributed by atoms with Crippen LogP contribution in [-0.2, 0) is 0 Å². The summed E-state index contributed by atoms with van der Waals surface area (Å²) >= 11 is 1.38. The largest absolute Gasteiger partial charge is 0.360 e. The Morgan fingerprint density at radius 1 is 1.64 bits per heavy atom. The SMILES string of the molecule is CCNc1nn2c(C)cc(=O)nc2s1. The van der Waals surface area contributed by atoms with Crippen LogP contribution in [0.15, 0.2) is 10.9 Å². The predicted molar refractivity (Wildman–Crippen MR) is 56.0 cm³/mol. The van der Waals surface area contributed by atoms with Crippen LogP contribution in [-0.4, -0.2) is 21.1 Å². The van der Waals surface area contributed by atoms with Crippen LogP contribution in [0.25, 0.3) is 4.96 Å². The van der Waals surface area contributed by atoms with Gasteiger partial charge in [0.2, 0.25) is 10.1 Å². The molecule has 2 rings (SSSR count). The van der Waals surface area contributed by atoms with Crippen molar-refractivity contribution in [3.05, 3.63) is 22.1 Å². The van der Waals surface area contributed by atoms with E-state index in [4.69, 9.17) is 0 Å². The molecule has 0 saturated carbocycles. The van der Waals surface area contributed by atoms with Gasteiger partial charge < -0.3 is 5.32 Å². The summed E-state index contributed by atoms with van der Waals surface area (Å²) in [6.07, 6.45) is 0. The molecule has 5 nitrogen and oxygen atoms in total. The van der Waals surface area contributed by atoms with Crippen LogP contribution >= 0.6 is 11.3 Å². The first-order chi connectivity index (χ1) is 6.70. The number of nitrogens with one attached hydrogen (secondary N) is 1. The number of fused-ring (bicyclic) bond motifs is 1. The molecule has 0 spiro atoms. The maximum absolute atomic E-state index is 11.1. The van der Waals surface area contributed by atoms with Crippen molar-refractivity contribution in [2.75, 3.05) is 11.9 Å². The number of hydrogen-bond acceptors (Lipinski definition) is 5. The van der Waals surface area contributed by atoms with Gasteiger partial charge in [0.15, 0.2) is 0 Å². The Kier molecular flexibility index (Phi) is 2.20. The van der Waals surface area contributed by atoms with E-state index < -0.39 is 0 Å². The predicted octanol–water partition coefficient (Wildman–Crippen LogP) is 0.891. The zero-order valence-electron chi connectivity index (χ0n) is 7.94. The molecule has 6 heteroatoms. The van der Waals surface area contributed by atoms with Gasteiger partial charge in [-0.2, -0.15) is 4.98 Å². The van der Waals surface area contributed by atoms with Crippen molar-refractivity contribution in [3.8, 4) is 0 Å². The Hall–Kier alpha value is -1.43. The minimum Gasteiger partial charge on any atom is -0.360 e. The van der Waals surface area contributed by atoms with Crippen molar-refractivity contribution in [1.29, 1.82) is 0 Å². The number of rotatable bonds is 2. The van der Waals surface area contributed by atoms with Crippen LogP contribution in [0.3, 0.4) is 0 Å². The van der Waals surface area contributed by atoms with Gasteiger partial charge in [0.1, 0.15) is 0 Å². The Morgan fingerprint density at radius 2 is 2.43 bits per heavy atom. The lowest BCUT2D eigenvalue weighted by Gasteiger charge is -1.94. The Balaban J connectivity index is 2.64. The highest BCUT2D eigenvalue weighted by Gasteiger charge is 2.05. The maximum Gasteiger partial charge on any atom is 0.274 e. The molecule has 2 heterocycles. The monoisotopic (exact) mass is 210 g/mol. The Morgan fingerprint density at radius 3 is 3.14 bits per heavy atom. The molecule has 0 bridgehead atoms. The molecular formula is C8H10N4OS. The standard InChI is InChI=1S/C8H10N4OS/c1-3-9-7-11-12-5(2)4-6(13)10-8(12)14-7/h4H,3H2,1-2H3,(H,9,11). The quantitative estimate of drug-likeness (QED) is 0.799. The lowest BCUT2D eigenvalue weighted by molar-refractivity contribution is 0.886. The van der Waals surface area contributed by atoms with Crippen LogP contribution in [0.4, 0.5) is 5.13 Å². The topological polar surface area (TPSA) is 59.3 Å². The third-order valence-corrected chi connectivity index (χ3v) is 2.63. The zero-order chi connectivity index (χ0) is 10.1. The maximum atomic E-state index is 11.1. The summed E-state index contributed by atoms with van der Waals surface area (Å²) in [6, 6.07) is 1.47. The minimum absolute atomic E-state index is 0.214. The molecular weight excluding hydrogens is 200 g/mol. The lowest BCUT2D eigenvalue weighted by atomic mass is 10.5. The first kappa shape index (κ1) is 9.14. The molecule has 0 unspecified atom stereocenters. The second-order valence-electron chi connectivity index (χ2n) is 2.87. The van der Waals surface area contributed by atoms with Gasteiger partial charge in [-0.15, -0.1) is 5.10 Å². The molecule has 0 aliphatic heterocycles. The molecule has 0 aromatic carbocycles. The van der Waals surface area contributed by atoms with E-state index >= 15 is 0 Å². The molecule has 0 aliphatic rings. The highest BCUT2D eigenvalue weighted by molar-refractivity contribution is 7.20. The molecule has 2 aromatic heterocycles. The molecule has 0 saturated heterocycles. The molecule has 0 fully saturated rings. The van der Waals surface area contributed by atoms with E-state index in [1.807, 2.05) is 13.8 Å². The molecule has 2 aromatic rings. The number of nitrogens with zero attached hydrogens (tertiary/aromatic N) is 3. The summed E-state index contributed by atoms with van der Waals surface area (Å²) in [6.45, 7) is 4.64. The van der Waals surface area contributed by atoms with E-state index in [1.165, 1.54) is 17.4 Å². The summed E-state index contributed by atoms with van der Waals surface area (Å²) < 4.78 is 1.67. The third-order valence-electron chi connectivity index (χ3n) is 1.76. The van der Waals surface area contributed by atoms with E-state index in [0.29, 0.717) is 4.96 Å². The molecule has 0 amide bonds. The third kappa shape index (κ3) is 1.48. The molecule has 0 aliphatic carbocycles. The van der Waals surface area contributed by atoms with E-state index in [-0.39, 0.29) is 5.56 Å². The zero-order valence-corrected chi connectivity index (χ0v) is 8.76. The van der Waals surface area contributed by atoms with Gasteiger partial charge in [-0.25, -0.2) is 4.52 Å². The summed E-state index contributed by atoms with van der Waals surface area (Å²) in [5.41, 5.74) is 0.592. The first-order valence-corrected chi connectivity index (χ1v) is 5.13. The first-order valence-electron chi connectivity index (χ1n) is 4.32. The van der Waals surface area contributed by atoms with Gasteiger partial charge in [0, 0.05) is 18.3 Å². The van der Waals surface area contributed by atoms with E-state index in [0.717, 1.165) is 17.4 Å². The normalized spacial score (nSPS) is 10.7. The smallest absolute Gasteiger partial charge is 0.274 e. The van der Waals surface area contributed by atoms with E-state index in [1.54, 1.807) is 4.52 Å². The van der Waals surface area contributed by atoms with E-state index in [2.05, 4.69) is 15.4 Å². The number of aryl methyl sites for hydroxylation is 1. The highest BCUT2D eigenvalue weighted by atomic mass is 32.1. The number of hydrogen-bond donors (Lipinski definition) is 1. The fourth-order valence-corrected chi connectivity index (χ4v) is 2.09. The Labute approximate surface area is 84.4 Å². The van der Waals surface area contributed by atoms with Crippen LogP contribution in [0, 0.1) is 6.92 Å². The average molecular weight is 210 g/mol. The van der Waals surface area contributed by atoms with Crippen LogP contribution < -0.4 is 10.9 Å². The van der Waals surface area contributed by atoms with Gasteiger partial charge in [-0.1, -0.05) is 11.3 Å². The van der Waals surface area contributed by atoms with Gasteiger partial charge in [-0.05, 0) is 13.8 Å². The average Bonchev–Trinajstić information content (AvgIpc) is 2.48. The summed E-state index contributed by atoms with van der Waals surface area (Å²) in [5.74, 6) is 0. The van der Waals surface area contributed by atoms with Gasteiger partial charge in [0.05, 0.1) is 0 Å². The molecule has 0 atom stereocenters. The molecule has 1 N–H and O–H groups in total. The molecule has 0 radical (unpaired) electrons. The molecule has 14 heavy (non-hydrogen) atoms. The highest BCUT2D eigenvalue weighted by Crippen LogP contribution is 2.16. The summed E-state index contributed by atoms with van der Waals surface area (Å²) in [4.78, 5) is 15.6. The number of aromatic nitrogens is 3. The van der Waals surface area contributed by atoms with Gasteiger partial charge >= 0.3 is 0 Å². The van der Waals surface area contributed by atoms with Crippen molar-refractivity contribution in [3.63, 3.8) is 0 Å². The fraction of sp³-hybridized carbons (Fsp3) is 0.375.